The van der Waals surface area contributed by atoms with Crippen molar-refractivity contribution in [3.05, 3.63) is 108 Å². The van der Waals surface area contributed by atoms with Gasteiger partial charge in [0.25, 0.3) is 0 Å². The monoisotopic (exact) mass is 509 g/mol. The molecule has 5 atom stereocenters. The third-order valence-corrected chi connectivity index (χ3v) is 11.0. The number of benzene rings is 4. The second-order valence-electron chi connectivity index (χ2n) is 13.9. The highest BCUT2D eigenvalue weighted by Gasteiger charge is 2.66. The van der Waals surface area contributed by atoms with Crippen LogP contribution in [0.4, 0.5) is 11.4 Å². The Hall–Kier alpha value is -3.32. The van der Waals surface area contributed by atoms with E-state index in [1.165, 1.54) is 64.9 Å². The predicted octanol–water partition coefficient (Wildman–Crippen LogP) is 9.75. The molecule has 4 bridgehead atoms. The molecule has 0 saturated heterocycles. The second-order valence-corrected chi connectivity index (χ2v) is 13.9. The lowest BCUT2D eigenvalue weighted by Crippen LogP contribution is -2.41. The first kappa shape index (κ1) is 23.6. The lowest BCUT2D eigenvalue weighted by atomic mass is 9.59. The summed E-state index contributed by atoms with van der Waals surface area (Å²) in [5, 5.41) is 0. The van der Waals surface area contributed by atoms with E-state index in [2.05, 4.69) is 124 Å². The topological polar surface area (TPSA) is 3.24 Å². The van der Waals surface area contributed by atoms with E-state index in [9.17, 15) is 0 Å². The van der Waals surface area contributed by atoms with Gasteiger partial charge in [-0.1, -0.05) is 93.6 Å². The van der Waals surface area contributed by atoms with Crippen LogP contribution in [-0.2, 0) is 10.8 Å². The molecule has 0 amide bonds. The summed E-state index contributed by atoms with van der Waals surface area (Å²) in [6, 6.07) is 34.8. The van der Waals surface area contributed by atoms with Crippen molar-refractivity contribution in [2.24, 2.45) is 23.7 Å². The molecule has 0 N–H and O–H groups in total. The molecule has 4 fully saturated rings. The minimum absolute atomic E-state index is 0.177. The van der Waals surface area contributed by atoms with Crippen LogP contribution in [0.15, 0.2) is 91.0 Å². The van der Waals surface area contributed by atoms with Gasteiger partial charge in [0.05, 0.1) is 0 Å². The molecule has 0 aromatic heterocycles. The fraction of sp³-hybridized carbons (Fsp3) is 0.368. The Bertz CT molecular complexity index is 1570. The first-order valence-corrected chi connectivity index (χ1v) is 15.0. The molecular weight excluding hydrogens is 470 g/mol. The van der Waals surface area contributed by atoms with Crippen molar-refractivity contribution in [1.82, 2.24) is 0 Å². The van der Waals surface area contributed by atoms with Crippen LogP contribution < -0.4 is 4.90 Å². The second kappa shape index (κ2) is 8.10. The smallest absolute Gasteiger partial charge is 0.0456 e. The van der Waals surface area contributed by atoms with Gasteiger partial charge >= 0.3 is 0 Å². The Morgan fingerprint density at radius 1 is 0.692 bits per heavy atom. The van der Waals surface area contributed by atoms with Gasteiger partial charge < -0.3 is 4.90 Å². The van der Waals surface area contributed by atoms with E-state index in [1.807, 2.05) is 0 Å². The Morgan fingerprint density at radius 2 is 1.38 bits per heavy atom. The van der Waals surface area contributed by atoms with Gasteiger partial charge in [0.15, 0.2) is 0 Å². The van der Waals surface area contributed by atoms with Gasteiger partial charge in [-0.25, -0.2) is 0 Å². The number of fused-ring (bicyclic) bond motifs is 3. The minimum atomic E-state index is 0.177. The fourth-order valence-electron chi connectivity index (χ4n) is 9.47. The number of anilines is 2. The Kier molecular flexibility index (Phi) is 4.89. The van der Waals surface area contributed by atoms with Gasteiger partial charge in [-0.2, -0.15) is 0 Å². The molecule has 5 unspecified atom stereocenters. The van der Waals surface area contributed by atoms with Crippen molar-refractivity contribution < 1.29 is 0 Å². The first-order chi connectivity index (χ1) is 18.9. The van der Waals surface area contributed by atoms with E-state index < -0.39 is 0 Å². The minimum Gasteiger partial charge on any atom is -0.344 e. The van der Waals surface area contributed by atoms with Crippen molar-refractivity contribution >= 4 is 11.4 Å². The number of hydrogen-bond acceptors (Lipinski definition) is 1. The number of nitrogens with zero attached hydrogens (tertiary/aromatic N) is 1. The van der Waals surface area contributed by atoms with E-state index in [4.69, 9.17) is 0 Å². The van der Waals surface area contributed by atoms with Crippen LogP contribution in [0.3, 0.4) is 0 Å². The van der Waals surface area contributed by atoms with Crippen LogP contribution >= 0.6 is 0 Å². The Labute approximate surface area is 233 Å². The van der Waals surface area contributed by atoms with Crippen molar-refractivity contribution in [2.45, 2.75) is 57.3 Å². The molecule has 196 valence electrons. The van der Waals surface area contributed by atoms with Crippen molar-refractivity contribution in [2.75, 3.05) is 11.9 Å². The third kappa shape index (κ3) is 3.19. The van der Waals surface area contributed by atoms with Crippen LogP contribution in [0, 0.1) is 23.7 Å². The third-order valence-electron chi connectivity index (χ3n) is 11.0. The molecule has 5 aliphatic rings. The van der Waals surface area contributed by atoms with Gasteiger partial charge in [-0.15, -0.1) is 0 Å². The maximum absolute atomic E-state index is 2.48. The van der Waals surface area contributed by atoms with Crippen LogP contribution in [0.2, 0.25) is 0 Å². The summed E-state index contributed by atoms with van der Waals surface area (Å²) in [4.78, 5) is 2.47. The van der Waals surface area contributed by atoms with Crippen molar-refractivity contribution in [3.8, 4) is 22.3 Å². The first-order valence-electron chi connectivity index (χ1n) is 15.0. The molecular formula is C38H39N. The predicted molar refractivity (Wildman–Crippen MR) is 164 cm³/mol. The fourth-order valence-corrected chi connectivity index (χ4v) is 9.47. The van der Waals surface area contributed by atoms with Gasteiger partial charge in [0.2, 0.25) is 0 Å². The molecule has 39 heavy (non-hydrogen) atoms. The SMILES string of the molecule is CN(c1ccc(-c2ccc(C(C)(C)C)cc2)cc1)c1cccc2c1C1(c3ccccc3-2)C2CC3CC(C2)C1C3. The van der Waals surface area contributed by atoms with Crippen LogP contribution in [-0.4, -0.2) is 7.05 Å². The molecule has 0 radical (unpaired) electrons. The van der Waals surface area contributed by atoms with E-state index in [0.717, 1.165) is 23.7 Å². The van der Waals surface area contributed by atoms with Crippen LogP contribution in [0.25, 0.3) is 22.3 Å². The molecule has 5 aliphatic carbocycles. The normalized spacial score (nSPS) is 27.7. The highest BCUT2D eigenvalue weighted by Crippen LogP contribution is 2.73. The zero-order valence-electron chi connectivity index (χ0n) is 23.7. The van der Waals surface area contributed by atoms with Crippen molar-refractivity contribution in [1.29, 1.82) is 0 Å². The molecule has 0 heterocycles. The zero-order valence-corrected chi connectivity index (χ0v) is 23.7. The lowest BCUT2D eigenvalue weighted by Gasteiger charge is -2.45. The summed E-state index contributed by atoms with van der Waals surface area (Å²) >= 11 is 0. The number of rotatable bonds is 3. The maximum atomic E-state index is 2.48. The molecule has 1 heteroatoms. The molecule has 1 spiro atoms. The Balaban J connectivity index is 1.20. The maximum Gasteiger partial charge on any atom is 0.0456 e. The molecule has 1 nitrogen and oxygen atoms in total. The van der Waals surface area contributed by atoms with Crippen LogP contribution in [0.5, 0.6) is 0 Å². The summed E-state index contributed by atoms with van der Waals surface area (Å²) in [6.07, 6.45) is 5.74. The van der Waals surface area contributed by atoms with Gasteiger partial charge in [0, 0.05) is 23.8 Å². The van der Waals surface area contributed by atoms with E-state index in [1.54, 1.807) is 11.1 Å². The van der Waals surface area contributed by atoms with Gasteiger partial charge in [-0.3, -0.25) is 0 Å². The van der Waals surface area contributed by atoms with Crippen LogP contribution in [0.1, 0.15) is 63.1 Å². The zero-order chi connectivity index (χ0) is 26.5. The average Bonchev–Trinajstić information content (AvgIpc) is 3.50. The summed E-state index contributed by atoms with van der Waals surface area (Å²) in [5.41, 5.74) is 13.2. The van der Waals surface area contributed by atoms with Crippen molar-refractivity contribution in [3.63, 3.8) is 0 Å². The summed E-state index contributed by atoms with van der Waals surface area (Å²) in [5.74, 6) is 3.47. The van der Waals surface area contributed by atoms with E-state index in [0.29, 0.717) is 0 Å². The molecule has 4 aromatic rings. The lowest BCUT2D eigenvalue weighted by molar-refractivity contribution is 0.191. The average molecular weight is 510 g/mol. The highest BCUT2D eigenvalue weighted by atomic mass is 15.1. The summed E-state index contributed by atoms with van der Waals surface area (Å²) in [6.45, 7) is 6.83. The summed E-state index contributed by atoms with van der Waals surface area (Å²) < 4.78 is 0. The standard InChI is InChI=1S/C38H39N/c1-37(2,3)28-16-12-25(13-17-28)26-14-18-30(19-15-26)39(4)35-11-7-9-32-31-8-5-6-10-33(31)38(36(32)35)29-21-24-20-27(23-29)34(38)22-24/h5-19,24,27,29,34H,20-23H2,1-4H3. The molecule has 9 rings (SSSR count). The molecule has 0 aliphatic heterocycles. The van der Waals surface area contributed by atoms with Gasteiger partial charge in [0.1, 0.15) is 0 Å². The quantitative estimate of drug-likeness (QED) is 0.266. The molecule has 4 saturated carbocycles. The molecule has 4 aromatic carbocycles. The van der Waals surface area contributed by atoms with E-state index >= 15 is 0 Å². The highest BCUT2D eigenvalue weighted by molar-refractivity contribution is 5.89. The van der Waals surface area contributed by atoms with Gasteiger partial charge in [-0.05, 0) is 112 Å². The van der Waals surface area contributed by atoms with E-state index in [-0.39, 0.29) is 10.8 Å². The largest absolute Gasteiger partial charge is 0.344 e. The summed E-state index contributed by atoms with van der Waals surface area (Å²) in [7, 11) is 2.28. The number of hydrogen-bond donors (Lipinski definition) is 0. The Morgan fingerprint density at radius 3 is 2.10 bits per heavy atom.